The summed E-state index contributed by atoms with van der Waals surface area (Å²) in [5.41, 5.74) is 2.56. The average molecular weight is 370 g/mol. The first-order chi connectivity index (χ1) is 12.9. The molecule has 3 aromatic rings. The minimum atomic E-state index is -2.70. The normalized spacial score (nSPS) is 16.4. The topological polar surface area (TPSA) is 79.0 Å². The zero-order valence-corrected chi connectivity index (χ0v) is 14.3. The molecule has 0 atom stereocenters. The molecule has 0 bridgehead atoms. The Morgan fingerprint density at radius 3 is 2.59 bits per heavy atom. The number of nitrogens with zero attached hydrogens (tertiary/aromatic N) is 3. The quantitative estimate of drug-likeness (QED) is 0.752. The number of aromatic nitrogens is 3. The average Bonchev–Trinajstić information content (AvgIpc) is 2.67. The summed E-state index contributed by atoms with van der Waals surface area (Å²) >= 11 is 0. The standard InChI is InChI=1S/C19H16F2N4O2/c20-19(21)5-7-25(8-6-19)18(27)12-1-3-14-15(9-12)24-16(11-22-14)13-2-4-17(26)23-10-13/h1-4,9-11H,5-8H2,(H,23,26). The molecular formula is C19H16F2N4O2. The maximum Gasteiger partial charge on any atom is 0.253 e. The van der Waals surface area contributed by atoms with Crippen LogP contribution in [0.15, 0.2) is 47.5 Å². The molecule has 1 amide bonds. The molecule has 1 fully saturated rings. The highest BCUT2D eigenvalue weighted by molar-refractivity contribution is 5.97. The number of carbonyl (C=O) groups excluding carboxylic acids is 1. The van der Waals surface area contributed by atoms with Crippen molar-refractivity contribution >= 4 is 16.9 Å². The van der Waals surface area contributed by atoms with Gasteiger partial charge in [0.1, 0.15) is 0 Å². The number of alkyl halides is 2. The molecule has 138 valence electrons. The van der Waals surface area contributed by atoms with Gasteiger partial charge in [0.25, 0.3) is 11.8 Å². The van der Waals surface area contributed by atoms with E-state index in [0.29, 0.717) is 27.9 Å². The molecule has 2 aromatic heterocycles. The molecule has 3 heterocycles. The maximum atomic E-state index is 13.3. The fraction of sp³-hybridized carbons (Fsp3) is 0.263. The third-order valence-corrected chi connectivity index (χ3v) is 4.65. The highest BCUT2D eigenvalue weighted by atomic mass is 19.3. The Bertz CT molecular complexity index is 1050. The molecule has 0 aliphatic carbocycles. The van der Waals surface area contributed by atoms with Crippen molar-refractivity contribution in [2.45, 2.75) is 18.8 Å². The van der Waals surface area contributed by atoms with E-state index in [1.165, 1.54) is 11.0 Å². The minimum absolute atomic E-state index is 0.0347. The Hall–Kier alpha value is -3.16. The number of hydrogen-bond acceptors (Lipinski definition) is 4. The van der Waals surface area contributed by atoms with Gasteiger partial charge < -0.3 is 9.88 Å². The first-order valence-corrected chi connectivity index (χ1v) is 8.54. The first kappa shape index (κ1) is 17.3. The van der Waals surface area contributed by atoms with E-state index >= 15 is 0 Å². The van der Waals surface area contributed by atoms with Gasteiger partial charge in [0.2, 0.25) is 5.56 Å². The predicted molar refractivity (Wildman–Crippen MR) is 95.7 cm³/mol. The second-order valence-corrected chi connectivity index (χ2v) is 6.55. The lowest BCUT2D eigenvalue weighted by atomic mass is 10.1. The fourth-order valence-electron chi connectivity index (χ4n) is 3.07. The van der Waals surface area contributed by atoms with Crippen LogP contribution in [0.25, 0.3) is 22.3 Å². The SMILES string of the molecule is O=C(c1ccc2ncc(-c3ccc(=O)[nH]c3)nc2c1)N1CCC(F)(F)CC1. The summed E-state index contributed by atoms with van der Waals surface area (Å²) in [4.78, 5) is 36.7. The Morgan fingerprint density at radius 2 is 1.89 bits per heavy atom. The van der Waals surface area contributed by atoms with Gasteiger partial charge in [-0.05, 0) is 24.3 Å². The van der Waals surface area contributed by atoms with E-state index in [4.69, 9.17) is 0 Å². The number of fused-ring (bicyclic) bond motifs is 1. The monoisotopic (exact) mass is 370 g/mol. The largest absolute Gasteiger partial charge is 0.338 e. The van der Waals surface area contributed by atoms with E-state index in [1.807, 2.05) is 0 Å². The number of H-pyrrole nitrogens is 1. The number of nitrogens with one attached hydrogen (secondary N) is 1. The lowest BCUT2D eigenvalue weighted by molar-refractivity contribution is -0.0494. The molecule has 0 unspecified atom stereocenters. The van der Waals surface area contributed by atoms with E-state index in [0.717, 1.165) is 0 Å². The van der Waals surface area contributed by atoms with E-state index < -0.39 is 5.92 Å². The minimum Gasteiger partial charge on any atom is -0.338 e. The number of likely N-dealkylation sites (tertiary alicyclic amines) is 1. The molecule has 0 saturated carbocycles. The number of benzene rings is 1. The van der Waals surface area contributed by atoms with Crippen molar-refractivity contribution < 1.29 is 13.6 Å². The second kappa shape index (κ2) is 6.53. The molecule has 6 nitrogen and oxygen atoms in total. The smallest absolute Gasteiger partial charge is 0.253 e. The van der Waals surface area contributed by atoms with Gasteiger partial charge in [-0.25, -0.2) is 13.8 Å². The van der Waals surface area contributed by atoms with Gasteiger partial charge in [-0.15, -0.1) is 0 Å². The van der Waals surface area contributed by atoms with Gasteiger partial charge in [-0.2, -0.15) is 0 Å². The van der Waals surface area contributed by atoms with Crippen LogP contribution < -0.4 is 5.56 Å². The Kier molecular flexibility index (Phi) is 4.18. The van der Waals surface area contributed by atoms with E-state index in [1.54, 1.807) is 36.7 Å². The Labute approximate surface area is 152 Å². The summed E-state index contributed by atoms with van der Waals surface area (Å²) in [5.74, 6) is -2.99. The van der Waals surface area contributed by atoms with Gasteiger partial charge in [-0.1, -0.05) is 0 Å². The number of pyridine rings is 1. The molecule has 1 aliphatic rings. The van der Waals surface area contributed by atoms with Crippen LogP contribution in [0.2, 0.25) is 0 Å². The number of amides is 1. The summed E-state index contributed by atoms with van der Waals surface area (Å²) in [6.07, 6.45) is 2.50. The van der Waals surface area contributed by atoms with Crippen molar-refractivity contribution in [1.29, 1.82) is 0 Å². The highest BCUT2D eigenvalue weighted by Crippen LogP contribution is 2.28. The molecule has 4 rings (SSSR count). The number of hydrogen-bond donors (Lipinski definition) is 1. The lowest BCUT2D eigenvalue weighted by Crippen LogP contribution is -2.42. The molecule has 27 heavy (non-hydrogen) atoms. The molecule has 1 saturated heterocycles. The second-order valence-electron chi connectivity index (χ2n) is 6.55. The molecule has 8 heteroatoms. The van der Waals surface area contributed by atoms with Crippen molar-refractivity contribution in [3.63, 3.8) is 0 Å². The van der Waals surface area contributed by atoms with Crippen LogP contribution in [0.3, 0.4) is 0 Å². The third-order valence-electron chi connectivity index (χ3n) is 4.65. The molecule has 0 radical (unpaired) electrons. The highest BCUT2D eigenvalue weighted by Gasteiger charge is 2.35. The Morgan fingerprint density at radius 1 is 1.11 bits per heavy atom. The molecular weight excluding hydrogens is 354 g/mol. The van der Waals surface area contributed by atoms with Crippen LogP contribution in [0.5, 0.6) is 0 Å². The summed E-state index contributed by atoms with van der Waals surface area (Å²) in [5, 5.41) is 0. The Balaban J connectivity index is 1.64. The van der Waals surface area contributed by atoms with E-state index in [-0.39, 0.29) is 37.4 Å². The predicted octanol–water partition coefficient (Wildman–Crippen LogP) is 2.86. The van der Waals surface area contributed by atoms with Crippen molar-refractivity contribution in [3.8, 4) is 11.3 Å². The van der Waals surface area contributed by atoms with Crippen LogP contribution in [0, 0.1) is 0 Å². The molecule has 1 aromatic carbocycles. The summed E-state index contributed by atoms with van der Waals surface area (Å²) in [7, 11) is 0. The van der Waals surface area contributed by atoms with Gasteiger partial charge in [-0.3, -0.25) is 14.6 Å². The number of halogens is 2. The van der Waals surface area contributed by atoms with Crippen LogP contribution in [0.1, 0.15) is 23.2 Å². The first-order valence-electron chi connectivity index (χ1n) is 8.54. The van der Waals surface area contributed by atoms with E-state index in [9.17, 15) is 18.4 Å². The van der Waals surface area contributed by atoms with Crippen LogP contribution in [-0.4, -0.2) is 44.8 Å². The zero-order chi connectivity index (χ0) is 19.0. The number of aromatic amines is 1. The van der Waals surface area contributed by atoms with Crippen molar-refractivity contribution in [1.82, 2.24) is 19.9 Å². The maximum absolute atomic E-state index is 13.3. The summed E-state index contributed by atoms with van der Waals surface area (Å²) < 4.78 is 26.6. The van der Waals surface area contributed by atoms with Gasteiger partial charge in [0.15, 0.2) is 0 Å². The van der Waals surface area contributed by atoms with Gasteiger partial charge in [0.05, 0.1) is 22.9 Å². The third kappa shape index (κ3) is 3.55. The van der Waals surface area contributed by atoms with Crippen LogP contribution >= 0.6 is 0 Å². The fourth-order valence-corrected chi connectivity index (χ4v) is 3.07. The van der Waals surface area contributed by atoms with Crippen molar-refractivity contribution in [3.05, 3.63) is 58.6 Å². The van der Waals surface area contributed by atoms with Crippen molar-refractivity contribution in [2.24, 2.45) is 0 Å². The van der Waals surface area contributed by atoms with Gasteiger partial charge >= 0.3 is 0 Å². The van der Waals surface area contributed by atoms with Crippen molar-refractivity contribution in [2.75, 3.05) is 13.1 Å². The summed E-state index contributed by atoms with van der Waals surface area (Å²) in [6, 6.07) is 7.97. The molecule has 1 aliphatic heterocycles. The van der Waals surface area contributed by atoms with Crippen LogP contribution in [-0.2, 0) is 0 Å². The van der Waals surface area contributed by atoms with Gasteiger partial charge in [0, 0.05) is 49.3 Å². The molecule has 1 N–H and O–H groups in total. The molecule has 0 spiro atoms. The number of rotatable bonds is 2. The van der Waals surface area contributed by atoms with E-state index in [2.05, 4.69) is 15.0 Å². The van der Waals surface area contributed by atoms with Crippen LogP contribution in [0.4, 0.5) is 8.78 Å². The summed E-state index contributed by atoms with van der Waals surface area (Å²) in [6.45, 7) is 0.0694. The number of carbonyl (C=O) groups is 1. The number of piperidine rings is 1. The zero-order valence-electron chi connectivity index (χ0n) is 14.3. The lowest BCUT2D eigenvalue weighted by Gasteiger charge is -2.31.